The van der Waals surface area contributed by atoms with Crippen molar-refractivity contribution < 1.29 is 4.79 Å². The average molecular weight is 234 g/mol. The van der Waals surface area contributed by atoms with Gasteiger partial charge >= 0.3 is 0 Å². The van der Waals surface area contributed by atoms with E-state index in [1.165, 1.54) is 18.4 Å². The van der Waals surface area contributed by atoms with Gasteiger partial charge in [0.15, 0.2) is 11.5 Å². The molecule has 2 heterocycles. The Hall–Kier alpha value is -1.95. The fourth-order valence-corrected chi connectivity index (χ4v) is 1.91. The summed E-state index contributed by atoms with van der Waals surface area (Å²) in [6.07, 6.45) is 1.56. The molecule has 16 heavy (non-hydrogen) atoms. The number of nitrogens with one attached hydrogen (secondary N) is 1. The van der Waals surface area contributed by atoms with E-state index in [1.54, 1.807) is 6.20 Å². The van der Waals surface area contributed by atoms with Crippen molar-refractivity contribution in [2.24, 2.45) is 0 Å². The summed E-state index contributed by atoms with van der Waals surface area (Å²) in [7, 11) is 1.53. The number of rotatable bonds is 2. The highest BCUT2D eigenvalue weighted by Crippen LogP contribution is 2.23. The van der Waals surface area contributed by atoms with E-state index >= 15 is 0 Å². The van der Waals surface area contributed by atoms with Crippen LogP contribution in [0, 0.1) is 0 Å². The molecule has 2 aromatic rings. The van der Waals surface area contributed by atoms with Gasteiger partial charge in [-0.1, -0.05) is 6.07 Å². The van der Waals surface area contributed by atoms with E-state index in [4.69, 9.17) is 5.73 Å². The number of anilines is 1. The summed E-state index contributed by atoms with van der Waals surface area (Å²) in [6, 6.07) is 3.83. The number of nitrogen functional groups attached to an aromatic ring is 1. The Labute approximate surface area is 96.3 Å². The Morgan fingerprint density at radius 1 is 1.56 bits per heavy atom. The van der Waals surface area contributed by atoms with Crippen molar-refractivity contribution in [3.8, 4) is 10.6 Å². The number of nitrogens with zero attached hydrogens (tertiary/aromatic N) is 2. The van der Waals surface area contributed by atoms with E-state index in [9.17, 15) is 4.79 Å². The second-order valence-corrected chi connectivity index (χ2v) is 3.99. The minimum atomic E-state index is -0.330. The van der Waals surface area contributed by atoms with Crippen LogP contribution in [0.3, 0.4) is 0 Å². The Balaban J connectivity index is 2.47. The molecule has 0 radical (unpaired) electrons. The number of hydrogen-bond acceptors (Lipinski definition) is 5. The second kappa shape index (κ2) is 4.28. The van der Waals surface area contributed by atoms with Crippen molar-refractivity contribution in [1.82, 2.24) is 15.3 Å². The third-order valence-electron chi connectivity index (χ3n) is 2.02. The molecule has 5 nitrogen and oxygen atoms in total. The smallest absolute Gasteiger partial charge is 0.273 e. The van der Waals surface area contributed by atoms with Gasteiger partial charge in [0, 0.05) is 7.05 Å². The molecule has 0 saturated heterocycles. The lowest BCUT2D eigenvalue weighted by atomic mass is 10.3. The lowest BCUT2D eigenvalue weighted by Gasteiger charge is -2.04. The Bertz CT molecular complexity index is 510. The van der Waals surface area contributed by atoms with Crippen LogP contribution in [0.25, 0.3) is 10.6 Å². The van der Waals surface area contributed by atoms with Crippen LogP contribution in [0.5, 0.6) is 0 Å². The summed E-state index contributed by atoms with van der Waals surface area (Å²) in [5.41, 5.74) is 6.40. The standard InChI is InChI=1S/C10H10N4OS/c1-12-10(15)8-9(11)13-5-6(14-8)7-3-2-4-16-7/h2-5H,1H3,(H2,11,13)(H,12,15). The molecule has 0 bridgehead atoms. The zero-order chi connectivity index (χ0) is 11.5. The van der Waals surface area contributed by atoms with Crippen molar-refractivity contribution in [3.63, 3.8) is 0 Å². The molecule has 0 spiro atoms. The summed E-state index contributed by atoms with van der Waals surface area (Å²) in [4.78, 5) is 20.6. The molecular weight excluding hydrogens is 224 g/mol. The van der Waals surface area contributed by atoms with Crippen LogP contribution >= 0.6 is 11.3 Å². The molecule has 82 valence electrons. The van der Waals surface area contributed by atoms with Gasteiger partial charge in [0.25, 0.3) is 5.91 Å². The van der Waals surface area contributed by atoms with Crippen LogP contribution in [0.15, 0.2) is 23.7 Å². The molecule has 0 unspecified atom stereocenters. The predicted molar refractivity (Wildman–Crippen MR) is 63.1 cm³/mol. The van der Waals surface area contributed by atoms with Crippen molar-refractivity contribution in [2.45, 2.75) is 0 Å². The lowest BCUT2D eigenvalue weighted by molar-refractivity contribution is 0.0959. The zero-order valence-electron chi connectivity index (χ0n) is 8.60. The van der Waals surface area contributed by atoms with E-state index in [0.29, 0.717) is 5.69 Å². The first kappa shape index (κ1) is 10.6. The number of thiophene rings is 1. The number of nitrogens with two attached hydrogens (primary N) is 1. The third-order valence-corrected chi connectivity index (χ3v) is 2.91. The summed E-state index contributed by atoms with van der Waals surface area (Å²) in [6.45, 7) is 0. The summed E-state index contributed by atoms with van der Waals surface area (Å²) in [5.74, 6) is -0.192. The highest BCUT2D eigenvalue weighted by molar-refractivity contribution is 7.13. The topological polar surface area (TPSA) is 80.9 Å². The number of amides is 1. The molecule has 0 fully saturated rings. The van der Waals surface area contributed by atoms with E-state index in [1.807, 2.05) is 17.5 Å². The van der Waals surface area contributed by atoms with Gasteiger partial charge in [0.2, 0.25) is 0 Å². The van der Waals surface area contributed by atoms with E-state index in [0.717, 1.165) is 4.88 Å². The van der Waals surface area contributed by atoms with Crippen molar-refractivity contribution in [3.05, 3.63) is 29.4 Å². The first-order valence-corrected chi connectivity index (χ1v) is 5.49. The molecule has 0 aliphatic carbocycles. The van der Waals surface area contributed by atoms with Crippen molar-refractivity contribution in [2.75, 3.05) is 12.8 Å². The lowest BCUT2D eigenvalue weighted by Crippen LogP contribution is -2.21. The second-order valence-electron chi connectivity index (χ2n) is 3.05. The van der Waals surface area contributed by atoms with Gasteiger partial charge in [-0.2, -0.15) is 0 Å². The summed E-state index contributed by atoms with van der Waals surface area (Å²) >= 11 is 1.53. The maximum Gasteiger partial charge on any atom is 0.273 e. The summed E-state index contributed by atoms with van der Waals surface area (Å²) < 4.78 is 0. The number of carbonyl (C=O) groups excluding carboxylic acids is 1. The quantitative estimate of drug-likeness (QED) is 0.816. The van der Waals surface area contributed by atoms with Gasteiger partial charge < -0.3 is 11.1 Å². The molecule has 2 rings (SSSR count). The van der Waals surface area contributed by atoms with Crippen molar-refractivity contribution >= 4 is 23.1 Å². The van der Waals surface area contributed by atoms with Crippen molar-refractivity contribution in [1.29, 1.82) is 0 Å². The molecule has 0 aliphatic heterocycles. The van der Waals surface area contributed by atoms with Crippen LogP contribution in [-0.2, 0) is 0 Å². The van der Waals surface area contributed by atoms with Gasteiger partial charge in [-0.15, -0.1) is 11.3 Å². The largest absolute Gasteiger partial charge is 0.382 e. The van der Waals surface area contributed by atoms with E-state index < -0.39 is 0 Å². The Morgan fingerprint density at radius 3 is 3.00 bits per heavy atom. The molecule has 1 amide bonds. The average Bonchev–Trinajstić information content (AvgIpc) is 2.82. The van der Waals surface area contributed by atoms with Crippen LogP contribution in [0.4, 0.5) is 5.82 Å². The SMILES string of the molecule is CNC(=O)c1nc(-c2cccs2)cnc1N. The number of aromatic nitrogens is 2. The normalized spacial score (nSPS) is 10.1. The first-order chi connectivity index (χ1) is 7.72. The Kier molecular flexibility index (Phi) is 2.82. The van der Waals surface area contributed by atoms with Gasteiger partial charge in [-0.05, 0) is 11.4 Å². The van der Waals surface area contributed by atoms with Gasteiger partial charge in [0.1, 0.15) is 0 Å². The highest BCUT2D eigenvalue weighted by atomic mass is 32.1. The molecule has 0 saturated carbocycles. The monoisotopic (exact) mass is 234 g/mol. The van der Waals surface area contributed by atoms with Gasteiger partial charge in [0.05, 0.1) is 16.8 Å². The van der Waals surface area contributed by atoms with Crippen LogP contribution in [0.1, 0.15) is 10.5 Å². The van der Waals surface area contributed by atoms with Crippen LogP contribution in [-0.4, -0.2) is 22.9 Å². The van der Waals surface area contributed by atoms with Crippen LogP contribution in [0.2, 0.25) is 0 Å². The van der Waals surface area contributed by atoms with Gasteiger partial charge in [-0.3, -0.25) is 4.79 Å². The minimum Gasteiger partial charge on any atom is -0.382 e. The zero-order valence-corrected chi connectivity index (χ0v) is 9.41. The highest BCUT2D eigenvalue weighted by Gasteiger charge is 2.13. The first-order valence-electron chi connectivity index (χ1n) is 4.61. The van der Waals surface area contributed by atoms with E-state index in [-0.39, 0.29) is 17.4 Å². The molecule has 2 aromatic heterocycles. The molecule has 3 N–H and O–H groups in total. The number of carbonyl (C=O) groups is 1. The predicted octanol–water partition coefficient (Wildman–Crippen LogP) is 1.15. The number of hydrogen-bond donors (Lipinski definition) is 2. The third kappa shape index (κ3) is 1.87. The Morgan fingerprint density at radius 2 is 2.38 bits per heavy atom. The molecule has 0 aromatic carbocycles. The fourth-order valence-electron chi connectivity index (χ4n) is 1.23. The molecule has 6 heteroatoms. The molecular formula is C10H10N4OS. The summed E-state index contributed by atoms with van der Waals surface area (Å²) in [5, 5.41) is 4.41. The van der Waals surface area contributed by atoms with Gasteiger partial charge in [-0.25, -0.2) is 9.97 Å². The molecule has 0 aliphatic rings. The van der Waals surface area contributed by atoms with Crippen LogP contribution < -0.4 is 11.1 Å². The van der Waals surface area contributed by atoms with E-state index in [2.05, 4.69) is 15.3 Å². The fraction of sp³-hybridized carbons (Fsp3) is 0.100. The maximum absolute atomic E-state index is 11.5. The minimum absolute atomic E-state index is 0.139. The molecule has 0 atom stereocenters. The maximum atomic E-state index is 11.5.